The first-order valence-corrected chi connectivity index (χ1v) is 11.8. The Labute approximate surface area is 204 Å². The molecule has 1 atom stereocenters. The number of hydrogen-bond acceptors (Lipinski definition) is 3. The summed E-state index contributed by atoms with van der Waals surface area (Å²) in [5, 5.41) is 21.4. The van der Waals surface area contributed by atoms with E-state index < -0.39 is 5.92 Å². The zero-order chi connectivity index (χ0) is 23.8. The fourth-order valence-electron chi connectivity index (χ4n) is 4.94. The van der Waals surface area contributed by atoms with Crippen LogP contribution in [0.15, 0.2) is 95.7 Å². The molecule has 0 saturated heterocycles. The molecule has 0 bridgehead atoms. The summed E-state index contributed by atoms with van der Waals surface area (Å²) in [7, 11) is 0. The number of allylic oxidation sites excluding steroid dienone is 2. The highest BCUT2D eigenvalue weighted by atomic mass is 35.5. The molecule has 0 radical (unpaired) electrons. The van der Waals surface area contributed by atoms with Crippen molar-refractivity contribution in [2.24, 2.45) is 0 Å². The molecule has 1 heterocycles. The summed E-state index contributed by atoms with van der Waals surface area (Å²) in [6.45, 7) is 2.02. The van der Waals surface area contributed by atoms with Crippen molar-refractivity contribution >= 4 is 34.7 Å². The zero-order valence-corrected chi connectivity index (χ0v) is 19.6. The quantitative estimate of drug-likeness (QED) is 0.399. The van der Waals surface area contributed by atoms with Gasteiger partial charge in [-0.3, -0.25) is 15.1 Å². The molecule has 2 aliphatic rings. The predicted octanol–water partition coefficient (Wildman–Crippen LogP) is 7.21. The van der Waals surface area contributed by atoms with Crippen molar-refractivity contribution in [3.8, 4) is 0 Å². The summed E-state index contributed by atoms with van der Waals surface area (Å²) in [5.74, 6) is -0.299. The number of carbonyl (C=O) groups excluding carboxylic acids is 1. The third-order valence-corrected chi connectivity index (χ3v) is 6.77. The standard InChI is InChI=1S/C29H25ClN2O2/c1-18-13-15-19(16-14-18)25-26-23(11-6-12-24(26)33)32(22-10-5-9-21(30)17-22)29(31)27(25)28(34)20-7-3-2-4-8-20/h2-5,7-10,13-17,25,31,34H,6,11-12H2,1H3/b28-27+,31-29?/t25-/m1/s1. The van der Waals surface area contributed by atoms with E-state index in [1.165, 1.54) is 0 Å². The van der Waals surface area contributed by atoms with E-state index in [1.807, 2.05) is 73.7 Å². The van der Waals surface area contributed by atoms with E-state index in [9.17, 15) is 15.3 Å². The number of aliphatic hydroxyl groups excluding tert-OH is 1. The van der Waals surface area contributed by atoms with Gasteiger partial charge in [0.1, 0.15) is 11.6 Å². The first kappa shape index (κ1) is 22.2. The maximum Gasteiger partial charge on any atom is 0.161 e. The highest BCUT2D eigenvalue weighted by Gasteiger charge is 2.43. The van der Waals surface area contributed by atoms with Crippen molar-refractivity contribution in [1.82, 2.24) is 0 Å². The van der Waals surface area contributed by atoms with Gasteiger partial charge in [0.05, 0.1) is 0 Å². The minimum absolute atomic E-state index is 0.00752. The second-order valence-electron chi connectivity index (χ2n) is 8.77. The number of carbonyl (C=O) groups is 1. The predicted molar refractivity (Wildman–Crippen MR) is 137 cm³/mol. The van der Waals surface area contributed by atoms with E-state index in [0.29, 0.717) is 40.3 Å². The molecule has 4 nitrogen and oxygen atoms in total. The molecule has 3 aromatic rings. The number of hydrogen-bond donors (Lipinski definition) is 2. The fourth-order valence-corrected chi connectivity index (χ4v) is 5.12. The monoisotopic (exact) mass is 468 g/mol. The van der Waals surface area contributed by atoms with E-state index in [4.69, 9.17) is 11.6 Å². The summed E-state index contributed by atoms with van der Waals surface area (Å²) < 4.78 is 0. The molecule has 0 saturated carbocycles. The second kappa shape index (κ2) is 8.96. The van der Waals surface area contributed by atoms with Crippen LogP contribution in [0, 0.1) is 12.3 Å². The summed E-state index contributed by atoms with van der Waals surface area (Å²) in [6, 6.07) is 24.5. The van der Waals surface area contributed by atoms with E-state index in [-0.39, 0.29) is 17.4 Å². The molecule has 0 aromatic heterocycles. The van der Waals surface area contributed by atoms with Crippen molar-refractivity contribution in [2.75, 3.05) is 4.90 Å². The van der Waals surface area contributed by atoms with E-state index >= 15 is 0 Å². The molecule has 2 N–H and O–H groups in total. The highest BCUT2D eigenvalue weighted by Crippen LogP contribution is 2.48. The Kier molecular flexibility index (Phi) is 5.84. The summed E-state index contributed by atoms with van der Waals surface area (Å²) in [4.78, 5) is 15.2. The number of aliphatic hydroxyl groups is 1. The smallest absolute Gasteiger partial charge is 0.161 e. The molecule has 0 amide bonds. The maximum absolute atomic E-state index is 13.4. The van der Waals surface area contributed by atoms with Gasteiger partial charge in [-0.25, -0.2) is 0 Å². The lowest BCUT2D eigenvalue weighted by atomic mass is 9.73. The minimum atomic E-state index is -0.522. The number of Topliss-reactive ketones (excluding diaryl/α,β-unsaturated/α-hetero) is 1. The van der Waals surface area contributed by atoms with Gasteiger partial charge in [0.15, 0.2) is 5.78 Å². The number of anilines is 1. The lowest BCUT2D eigenvalue weighted by Gasteiger charge is -2.41. The summed E-state index contributed by atoms with van der Waals surface area (Å²) in [6.07, 6.45) is 1.86. The Bertz CT molecular complexity index is 1340. The molecule has 5 rings (SSSR count). The van der Waals surface area contributed by atoms with Crippen molar-refractivity contribution in [3.05, 3.63) is 117 Å². The zero-order valence-electron chi connectivity index (χ0n) is 18.9. The van der Waals surface area contributed by atoms with Crippen LogP contribution in [0.3, 0.4) is 0 Å². The molecule has 0 spiro atoms. The average Bonchev–Trinajstić information content (AvgIpc) is 2.84. The molecule has 1 aliphatic carbocycles. The Morgan fingerprint density at radius 1 is 1.00 bits per heavy atom. The van der Waals surface area contributed by atoms with Gasteiger partial charge < -0.3 is 5.11 Å². The van der Waals surface area contributed by atoms with Gasteiger partial charge in [0, 0.05) is 45.5 Å². The third-order valence-electron chi connectivity index (χ3n) is 6.53. The summed E-state index contributed by atoms with van der Waals surface area (Å²) in [5.41, 5.74) is 5.21. The van der Waals surface area contributed by atoms with Crippen LogP contribution in [0.4, 0.5) is 5.69 Å². The van der Waals surface area contributed by atoms with Gasteiger partial charge in [0.25, 0.3) is 0 Å². The van der Waals surface area contributed by atoms with Gasteiger partial charge in [-0.05, 0) is 43.5 Å². The van der Waals surface area contributed by atoms with E-state index in [2.05, 4.69) is 0 Å². The molecular weight excluding hydrogens is 444 g/mol. The number of rotatable bonds is 3. The average molecular weight is 469 g/mol. The molecule has 0 unspecified atom stereocenters. The first-order chi connectivity index (χ1) is 16.5. The fraction of sp³-hybridized carbons (Fsp3) is 0.172. The molecule has 170 valence electrons. The van der Waals surface area contributed by atoms with Crippen LogP contribution < -0.4 is 4.90 Å². The molecule has 5 heteroatoms. The van der Waals surface area contributed by atoms with Crippen LogP contribution in [0.1, 0.15) is 41.9 Å². The van der Waals surface area contributed by atoms with Crippen molar-refractivity contribution in [2.45, 2.75) is 32.1 Å². The van der Waals surface area contributed by atoms with Gasteiger partial charge in [-0.2, -0.15) is 0 Å². The lowest BCUT2D eigenvalue weighted by molar-refractivity contribution is -0.116. The Morgan fingerprint density at radius 2 is 1.74 bits per heavy atom. The number of benzene rings is 3. The number of aryl methyl sites for hydroxylation is 1. The van der Waals surface area contributed by atoms with Gasteiger partial charge >= 0.3 is 0 Å². The van der Waals surface area contributed by atoms with Crippen LogP contribution >= 0.6 is 11.6 Å². The first-order valence-electron chi connectivity index (χ1n) is 11.4. The van der Waals surface area contributed by atoms with Crippen molar-refractivity contribution in [1.29, 1.82) is 5.41 Å². The minimum Gasteiger partial charge on any atom is -0.507 e. The van der Waals surface area contributed by atoms with E-state index in [0.717, 1.165) is 23.2 Å². The molecule has 3 aromatic carbocycles. The Morgan fingerprint density at radius 3 is 2.44 bits per heavy atom. The van der Waals surface area contributed by atoms with Crippen molar-refractivity contribution in [3.63, 3.8) is 0 Å². The van der Waals surface area contributed by atoms with Gasteiger partial charge in [-0.1, -0.05) is 77.8 Å². The van der Waals surface area contributed by atoms with Crippen LogP contribution in [0.2, 0.25) is 5.02 Å². The maximum atomic E-state index is 13.4. The van der Waals surface area contributed by atoms with Crippen LogP contribution in [0.25, 0.3) is 5.76 Å². The van der Waals surface area contributed by atoms with Crippen LogP contribution in [-0.4, -0.2) is 16.7 Å². The van der Waals surface area contributed by atoms with Crippen LogP contribution in [-0.2, 0) is 4.79 Å². The topological polar surface area (TPSA) is 64.4 Å². The Hall–Kier alpha value is -3.63. The van der Waals surface area contributed by atoms with Gasteiger partial charge in [-0.15, -0.1) is 0 Å². The summed E-state index contributed by atoms with van der Waals surface area (Å²) >= 11 is 6.31. The SMILES string of the molecule is Cc1ccc([C@@H]2C3=C(CCCC3=O)N(c3cccc(Cl)c3)C(=N)/C2=C(/O)c2ccccc2)cc1. The molecular formula is C29H25ClN2O2. The highest BCUT2D eigenvalue weighted by molar-refractivity contribution is 6.31. The van der Waals surface area contributed by atoms with Crippen LogP contribution in [0.5, 0.6) is 0 Å². The molecule has 1 aliphatic heterocycles. The number of nitrogens with one attached hydrogen (secondary N) is 1. The second-order valence-corrected chi connectivity index (χ2v) is 9.21. The number of amidine groups is 1. The number of nitrogens with zero attached hydrogens (tertiary/aromatic N) is 1. The molecule has 34 heavy (non-hydrogen) atoms. The normalized spacial score (nSPS) is 19.8. The lowest BCUT2D eigenvalue weighted by Crippen LogP contribution is -2.42. The van der Waals surface area contributed by atoms with Gasteiger partial charge in [0.2, 0.25) is 0 Å². The third kappa shape index (κ3) is 3.84. The largest absolute Gasteiger partial charge is 0.507 e. The number of halogens is 1. The van der Waals surface area contributed by atoms with E-state index in [1.54, 1.807) is 17.0 Å². The number of ketones is 1. The molecule has 0 fully saturated rings. The van der Waals surface area contributed by atoms with Crippen molar-refractivity contribution < 1.29 is 9.90 Å². The Balaban J connectivity index is 1.83.